The molecule has 22 heavy (non-hydrogen) atoms. The molecule has 8 nitrogen and oxygen atoms in total. The zero-order chi connectivity index (χ0) is 15.5. The first-order valence-corrected chi connectivity index (χ1v) is 7.48. The number of nitrogens with zero attached hydrogens (tertiary/aromatic N) is 5. The summed E-state index contributed by atoms with van der Waals surface area (Å²) in [5.41, 5.74) is -0.593. The van der Waals surface area contributed by atoms with Gasteiger partial charge in [0.1, 0.15) is 11.1 Å². The third-order valence-electron chi connectivity index (χ3n) is 2.48. The van der Waals surface area contributed by atoms with Gasteiger partial charge in [0, 0.05) is 6.07 Å². The van der Waals surface area contributed by atoms with Gasteiger partial charge in [0.05, 0.1) is 9.80 Å². The fraction of sp³-hybridized carbons (Fsp3) is 0. The Hall–Kier alpha value is -2.77. The molecular weight excluding hydrogens is 326 g/mol. The molecule has 0 saturated heterocycles. The van der Waals surface area contributed by atoms with Gasteiger partial charge in [0.25, 0.3) is 11.1 Å². The fourth-order valence-electron chi connectivity index (χ4n) is 1.56. The Kier molecular flexibility index (Phi) is 3.82. The van der Waals surface area contributed by atoms with E-state index < -0.39 is 4.92 Å². The zero-order valence-electron chi connectivity index (χ0n) is 10.7. The minimum atomic E-state index is -0.651. The van der Waals surface area contributed by atoms with Gasteiger partial charge in [0.15, 0.2) is 0 Å². The Morgan fingerprint density at radius 1 is 1.36 bits per heavy atom. The van der Waals surface area contributed by atoms with Crippen LogP contribution in [0.5, 0.6) is 0 Å². The maximum Gasteiger partial charge on any atom is 0.305 e. The van der Waals surface area contributed by atoms with Crippen molar-refractivity contribution < 1.29 is 9.34 Å². The summed E-state index contributed by atoms with van der Waals surface area (Å²) in [6, 6.07) is 8.08. The summed E-state index contributed by atoms with van der Waals surface area (Å²) in [5.74, 6) is 0.389. The van der Waals surface area contributed by atoms with Crippen LogP contribution < -0.4 is 0 Å². The predicted molar refractivity (Wildman–Crippen MR) is 77.3 cm³/mol. The van der Waals surface area contributed by atoms with Crippen LogP contribution >= 0.6 is 23.1 Å². The summed E-state index contributed by atoms with van der Waals surface area (Å²) in [4.78, 5) is 14.9. The van der Waals surface area contributed by atoms with Gasteiger partial charge in [-0.05, 0) is 29.3 Å². The normalized spacial score (nSPS) is 10.3. The van der Waals surface area contributed by atoms with Crippen molar-refractivity contribution >= 4 is 28.8 Å². The highest BCUT2D eigenvalue weighted by Gasteiger charge is 2.17. The molecule has 0 amide bonds. The predicted octanol–water partition coefficient (Wildman–Crippen LogP) is 3.12. The summed E-state index contributed by atoms with van der Waals surface area (Å²) in [6.07, 6.45) is 0. The Morgan fingerprint density at radius 2 is 2.23 bits per heavy atom. The SMILES string of the molecule is N#Cc1nc(Sc2nnc(-c3cccs3)o2)ccc1[N+](=O)[O-]. The van der Waals surface area contributed by atoms with E-state index in [1.165, 1.54) is 23.5 Å². The average Bonchev–Trinajstić information content (AvgIpc) is 3.17. The van der Waals surface area contributed by atoms with Gasteiger partial charge in [-0.15, -0.1) is 21.5 Å². The van der Waals surface area contributed by atoms with E-state index in [0.717, 1.165) is 16.6 Å². The van der Waals surface area contributed by atoms with E-state index in [4.69, 9.17) is 9.68 Å². The zero-order valence-corrected chi connectivity index (χ0v) is 12.3. The number of thiophene rings is 1. The Bertz CT molecular complexity index is 869. The van der Waals surface area contributed by atoms with Crippen molar-refractivity contribution in [3.05, 3.63) is 45.5 Å². The molecule has 0 bridgehead atoms. The second-order valence-corrected chi connectivity index (χ2v) is 5.76. The molecular formula is C12H5N5O3S2. The highest BCUT2D eigenvalue weighted by molar-refractivity contribution is 7.99. The molecule has 0 aliphatic carbocycles. The van der Waals surface area contributed by atoms with Crippen molar-refractivity contribution in [1.29, 1.82) is 5.26 Å². The van der Waals surface area contributed by atoms with E-state index in [9.17, 15) is 10.1 Å². The van der Waals surface area contributed by atoms with E-state index in [-0.39, 0.29) is 16.6 Å². The lowest BCUT2D eigenvalue weighted by molar-refractivity contribution is -0.385. The summed E-state index contributed by atoms with van der Waals surface area (Å²) in [7, 11) is 0. The first kappa shape index (κ1) is 14.2. The van der Waals surface area contributed by atoms with E-state index in [1.54, 1.807) is 6.07 Å². The monoisotopic (exact) mass is 331 g/mol. The summed E-state index contributed by atoms with van der Waals surface area (Å²) in [6.45, 7) is 0. The lowest BCUT2D eigenvalue weighted by Crippen LogP contribution is -1.95. The Morgan fingerprint density at radius 3 is 2.91 bits per heavy atom. The van der Waals surface area contributed by atoms with Crippen LogP contribution in [0, 0.1) is 21.4 Å². The molecule has 108 valence electrons. The van der Waals surface area contributed by atoms with Crippen molar-refractivity contribution in [2.75, 3.05) is 0 Å². The molecule has 0 aromatic carbocycles. The molecule has 0 aliphatic heterocycles. The quantitative estimate of drug-likeness (QED) is 0.528. The lowest BCUT2D eigenvalue weighted by Gasteiger charge is -1.97. The first-order valence-electron chi connectivity index (χ1n) is 5.78. The topological polar surface area (TPSA) is 119 Å². The van der Waals surface area contributed by atoms with Crippen LogP contribution in [0.25, 0.3) is 10.8 Å². The Labute approximate surface area is 131 Å². The third kappa shape index (κ3) is 2.80. The van der Waals surface area contributed by atoms with Crippen LogP contribution in [0.15, 0.2) is 44.3 Å². The number of aromatic nitrogens is 3. The number of hydrogen-bond acceptors (Lipinski definition) is 9. The molecule has 3 aromatic rings. The molecule has 0 N–H and O–H groups in total. The van der Waals surface area contributed by atoms with Crippen molar-refractivity contribution in [2.45, 2.75) is 10.2 Å². The average molecular weight is 331 g/mol. The van der Waals surface area contributed by atoms with Crippen molar-refractivity contribution in [3.8, 4) is 16.8 Å². The lowest BCUT2D eigenvalue weighted by atomic mass is 10.3. The maximum absolute atomic E-state index is 10.8. The van der Waals surface area contributed by atoms with Crippen molar-refractivity contribution in [2.24, 2.45) is 0 Å². The molecule has 0 radical (unpaired) electrons. The molecule has 3 aromatic heterocycles. The van der Waals surface area contributed by atoms with E-state index >= 15 is 0 Å². The van der Waals surface area contributed by atoms with E-state index in [1.807, 2.05) is 17.5 Å². The maximum atomic E-state index is 10.8. The third-order valence-corrected chi connectivity index (χ3v) is 4.12. The molecule has 10 heteroatoms. The van der Waals surface area contributed by atoms with E-state index in [0.29, 0.717) is 10.9 Å². The minimum Gasteiger partial charge on any atom is -0.410 e. The van der Waals surface area contributed by atoms with Crippen LogP contribution in [0.4, 0.5) is 5.69 Å². The van der Waals surface area contributed by atoms with Crippen LogP contribution in [0.2, 0.25) is 0 Å². The molecule has 0 aliphatic rings. The van der Waals surface area contributed by atoms with Gasteiger partial charge in [-0.3, -0.25) is 10.1 Å². The van der Waals surface area contributed by atoms with Crippen LogP contribution in [-0.2, 0) is 0 Å². The van der Waals surface area contributed by atoms with Crippen molar-refractivity contribution in [1.82, 2.24) is 15.2 Å². The molecule has 0 fully saturated rings. The van der Waals surface area contributed by atoms with E-state index in [2.05, 4.69) is 15.2 Å². The van der Waals surface area contributed by atoms with Crippen molar-refractivity contribution in [3.63, 3.8) is 0 Å². The van der Waals surface area contributed by atoms with Gasteiger partial charge < -0.3 is 4.42 Å². The van der Waals surface area contributed by atoms with Gasteiger partial charge in [-0.2, -0.15) is 5.26 Å². The number of nitriles is 1. The highest BCUT2D eigenvalue weighted by atomic mass is 32.2. The van der Waals surface area contributed by atoms with Crippen LogP contribution in [0.3, 0.4) is 0 Å². The van der Waals surface area contributed by atoms with Crippen LogP contribution in [-0.4, -0.2) is 20.1 Å². The minimum absolute atomic E-state index is 0.244. The largest absolute Gasteiger partial charge is 0.410 e. The number of rotatable bonds is 4. The van der Waals surface area contributed by atoms with Gasteiger partial charge in [-0.25, -0.2) is 4.98 Å². The molecule has 0 unspecified atom stereocenters. The highest BCUT2D eigenvalue weighted by Crippen LogP contribution is 2.31. The van der Waals surface area contributed by atoms with Crippen LogP contribution in [0.1, 0.15) is 5.69 Å². The molecule has 0 atom stereocenters. The smallest absolute Gasteiger partial charge is 0.305 e. The second kappa shape index (κ2) is 5.92. The van der Waals surface area contributed by atoms with Gasteiger partial charge in [-0.1, -0.05) is 6.07 Å². The fourth-order valence-corrected chi connectivity index (χ4v) is 2.86. The molecule has 0 saturated carbocycles. The molecule has 3 heterocycles. The standard InChI is InChI=1S/C12H5N5O3S2/c13-6-7-8(17(18)19)3-4-10(14-7)22-12-16-15-11(20-12)9-2-1-5-21-9/h1-5H. The van der Waals surface area contributed by atoms with Gasteiger partial charge in [0.2, 0.25) is 5.69 Å². The Balaban J connectivity index is 1.85. The number of nitro groups is 1. The summed E-state index contributed by atoms with van der Waals surface area (Å²) >= 11 is 2.50. The molecule has 0 spiro atoms. The number of pyridine rings is 1. The molecule has 3 rings (SSSR count). The first-order chi connectivity index (χ1) is 10.7. The van der Waals surface area contributed by atoms with Gasteiger partial charge >= 0.3 is 5.69 Å². The summed E-state index contributed by atoms with van der Waals surface area (Å²) < 4.78 is 5.48. The number of hydrogen-bond donors (Lipinski definition) is 0. The second-order valence-electron chi connectivity index (χ2n) is 3.84. The summed E-state index contributed by atoms with van der Waals surface area (Å²) in [5, 5.41) is 30.0.